The van der Waals surface area contributed by atoms with Gasteiger partial charge in [-0.1, -0.05) is 47.1 Å². The molecule has 0 bridgehead atoms. The average molecular weight is 428 g/mol. The van der Waals surface area contributed by atoms with Gasteiger partial charge in [0.2, 0.25) is 11.7 Å². The Kier molecular flexibility index (Phi) is 5.76. The van der Waals surface area contributed by atoms with Crippen LogP contribution < -0.4 is 10.9 Å². The highest BCUT2D eigenvalue weighted by atomic mass is 16.5. The Morgan fingerprint density at radius 3 is 2.53 bits per heavy atom. The fraction of sp³-hybridized carbons (Fsp3) is 0.125. The summed E-state index contributed by atoms with van der Waals surface area (Å²) in [6, 6.07) is 17.2. The lowest BCUT2D eigenvalue weighted by Gasteiger charge is -2.09. The molecule has 2 heterocycles. The van der Waals surface area contributed by atoms with Crippen molar-refractivity contribution in [1.29, 1.82) is 0 Å². The number of nitrogens with zero attached hydrogens (tertiary/aromatic N) is 3. The van der Waals surface area contributed by atoms with Gasteiger partial charge in [-0.25, -0.2) is 0 Å². The minimum atomic E-state index is -0.407. The molecular formula is C24H20N4O4. The number of rotatable bonds is 6. The molecule has 1 N–H and O–H groups in total. The predicted octanol–water partition coefficient (Wildman–Crippen LogP) is 3.72. The van der Waals surface area contributed by atoms with Crippen LogP contribution in [0.15, 0.2) is 76.2 Å². The quantitative estimate of drug-likeness (QED) is 0.469. The fourth-order valence-corrected chi connectivity index (χ4v) is 3.11. The number of carbonyl (C=O) groups is 2. The topological polar surface area (TPSA) is 107 Å². The zero-order valence-corrected chi connectivity index (χ0v) is 17.5. The molecular weight excluding hydrogens is 408 g/mol. The fourth-order valence-electron chi connectivity index (χ4n) is 3.11. The number of ketones is 1. The van der Waals surface area contributed by atoms with Gasteiger partial charge in [0.05, 0.1) is 5.56 Å². The average Bonchev–Trinajstić information content (AvgIpc) is 3.26. The number of carbonyl (C=O) groups excluding carboxylic acids is 2. The summed E-state index contributed by atoms with van der Waals surface area (Å²) in [6.07, 6.45) is 1.50. The molecule has 0 saturated heterocycles. The van der Waals surface area contributed by atoms with Crippen molar-refractivity contribution in [3.05, 3.63) is 88.3 Å². The summed E-state index contributed by atoms with van der Waals surface area (Å²) in [4.78, 5) is 40.7. The number of anilines is 1. The van der Waals surface area contributed by atoms with Gasteiger partial charge in [-0.15, -0.1) is 0 Å². The third kappa shape index (κ3) is 4.70. The number of pyridine rings is 1. The normalized spacial score (nSPS) is 10.7. The van der Waals surface area contributed by atoms with Crippen LogP contribution in [-0.2, 0) is 11.3 Å². The minimum Gasteiger partial charge on any atom is -0.334 e. The molecule has 0 aliphatic carbocycles. The maximum atomic E-state index is 12.5. The molecule has 32 heavy (non-hydrogen) atoms. The van der Waals surface area contributed by atoms with E-state index in [1.165, 1.54) is 23.8 Å². The zero-order valence-electron chi connectivity index (χ0n) is 17.5. The van der Waals surface area contributed by atoms with Crippen molar-refractivity contribution in [3.63, 3.8) is 0 Å². The second-order valence-corrected chi connectivity index (χ2v) is 7.36. The molecule has 4 aromatic rings. The van der Waals surface area contributed by atoms with Crippen molar-refractivity contribution in [2.24, 2.45) is 0 Å². The van der Waals surface area contributed by atoms with E-state index in [1.54, 1.807) is 30.3 Å². The molecule has 160 valence electrons. The van der Waals surface area contributed by atoms with Crippen LogP contribution in [0, 0.1) is 6.92 Å². The number of hydrogen-bond acceptors (Lipinski definition) is 6. The monoisotopic (exact) mass is 428 g/mol. The van der Waals surface area contributed by atoms with Crippen LogP contribution in [-0.4, -0.2) is 26.4 Å². The lowest BCUT2D eigenvalue weighted by Crippen LogP contribution is -2.26. The minimum absolute atomic E-state index is 0.102. The van der Waals surface area contributed by atoms with Crippen molar-refractivity contribution < 1.29 is 14.1 Å². The van der Waals surface area contributed by atoms with Gasteiger partial charge in [-0.05, 0) is 32.0 Å². The summed E-state index contributed by atoms with van der Waals surface area (Å²) in [5.41, 5.74) is 3.07. The molecule has 8 nitrogen and oxygen atoms in total. The molecule has 0 unspecified atom stereocenters. The Labute approximate surface area is 183 Å². The number of nitrogens with one attached hydrogen (secondary N) is 1. The number of hydrogen-bond donors (Lipinski definition) is 1. The Hall–Kier alpha value is -4.33. The first-order valence-corrected chi connectivity index (χ1v) is 9.91. The summed E-state index contributed by atoms with van der Waals surface area (Å²) in [6.45, 7) is 3.23. The maximum absolute atomic E-state index is 12.5. The van der Waals surface area contributed by atoms with Crippen molar-refractivity contribution in [3.8, 4) is 22.8 Å². The second kappa shape index (κ2) is 8.81. The SMILES string of the molecule is CC(=O)c1cccc(NC(=O)Cn2cc(-c3nc(-c4ccc(C)cc4)no3)ccc2=O)c1. The Balaban J connectivity index is 1.52. The Bertz CT molecular complexity index is 1350. The van der Waals surface area contributed by atoms with Crippen LogP contribution in [0.3, 0.4) is 0 Å². The van der Waals surface area contributed by atoms with Crippen LogP contribution >= 0.6 is 0 Å². The van der Waals surface area contributed by atoms with E-state index in [0.29, 0.717) is 22.6 Å². The molecule has 2 aromatic carbocycles. The van der Waals surface area contributed by atoms with E-state index in [9.17, 15) is 14.4 Å². The van der Waals surface area contributed by atoms with Gasteiger partial charge >= 0.3 is 0 Å². The van der Waals surface area contributed by atoms with Crippen molar-refractivity contribution >= 4 is 17.4 Å². The summed E-state index contributed by atoms with van der Waals surface area (Å²) in [7, 11) is 0. The third-order valence-electron chi connectivity index (χ3n) is 4.83. The first-order valence-electron chi connectivity index (χ1n) is 9.91. The van der Waals surface area contributed by atoms with E-state index in [0.717, 1.165) is 11.1 Å². The zero-order chi connectivity index (χ0) is 22.7. The van der Waals surface area contributed by atoms with E-state index in [2.05, 4.69) is 15.5 Å². The van der Waals surface area contributed by atoms with Gasteiger partial charge in [0.25, 0.3) is 11.4 Å². The van der Waals surface area contributed by atoms with Crippen molar-refractivity contribution in [1.82, 2.24) is 14.7 Å². The van der Waals surface area contributed by atoms with Gasteiger partial charge in [0.1, 0.15) is 6.54 Å². The van der Waals surface area contributed by atoms with E-state index in [1.807, 2.05) is 31.2 Å². The summed E-state index contributed by atoms with van der Waals surface area (Å²) in [5, 5.41) is 6.70. The van der Waals surface area contributed by atoms with Gasteiger partial charge < -0.3 is 14.4 Å². The molecule has 2 aromatic heterocycles. The van der Waals surface area contributed by atoms with Crippen molar-refractivity contribution in [2.75, 3.05) is 5.32 Å². The van der Waals surface area contributed by atoms with Crippen molar-refractivity contribution in [2.45, 2.75) is 20.4 Å². The van der Waals surface area contributed by atoms with E-state index in [-0.39, 0.29) is 23.8 Å². The third-order valence-corrected chi connectivity index (χ3v) is 4.83. The molecule has 1 amide bonds. The van der Waals surface area contributed by atoms with Crippen LogP contribution in [0.1, 0.15) is 22.8 Å². The number of aromatic nitrogens is 3. The second-order valence-electron chi connectivity index (χ2n) is 7.36. The number of aryl methyl sites for hydroxylation is 1. The molecule has 0 aliphatic rings. The standard InChI is InChI=1S/C24H20N4O4/c1-15-6-8-17(9-7-15)23-26-24(32-27-23)19-10-11-22(31)28(13-19)14-21(30)25-20-5-3-4-18(12-20)16(2)29/h3-13H,14H2,1-2H3,(H,25,30). The number of Topliss-reactive ketones (excluding diaryl/α,β-unsaturated/α-hetero) is 1. The largest absolute Gasteiger partial charge is 0.334 e. The molecule has 0 atom stereocenters. The van der Waals surface area contributed by atoms with Crippen LogP contribution in [0.25, 0.3) is 22.8 Å². The lowest BCUT2D eigenvalue weighted by atomic mass is 10.1. The first kappa shape index (κ1) is 20.9. The maximum Gasteiger partial charge on any atom is 0.259 e. The lowest BCUT2D eigenvalue weighted by molar-refractivity contribution is -0.116. The molecule has 8 heteroatoms. The summed E-state index contributed by atoms with van der Waals surface area (Å²) >= 11 is 0. The Morgan fingerprint density at radius 2 is 1.78 bits per heavy atom. The van der Waals surface area contributed by atoms with Gasteiger partial charge in [-0.3, -0.25) is 14.4 Å². The molecule has 0 radical (unpaired) electrons. The smallest absolute Gasteiger partial charge is 0.259 e. The van der Waals surface area contributed by atoms with E-state index < -0.39 is 5.91 Å². The van der Waals surface area contributed by atoms with Gasteiger partial charge in [-0.2, -0.15) is 4.98 Å². The van der Waals surface area contributed by atoms with Crippen LogP contribution in [0.5, 0.6) is 0 Å². The van der Waals surface area contributed by atoms with E-state index in [4.69, 9.17) is 4.52 Å². The molecule has 0 spiro atoms. The summed E-state index contributed by atoms with van der Waals surface area (Å²) < 4.78 is 6.62. The predicted molar refractivity (Wildman–Crippen MR) is 119 cm³/mol. The highest BCUT2D eigenvalue weighted by Gasteiger charge is 2.13. The first-order chi connectivity index (χ1) is 15.4. The molecule has 0 saturated carbocycles. The highest BCUT2D eigenvalue weighted by Crippen LogP contribution is 2.22. The molecule has 0 fully saturated rings. The van der Waals surface area contributed by atoms with Crippen LogP contribution in [0.4, 0.5) is 5.69 Å². The number of amides is 1. The van der Waals surface area contributed by atoms with E-state index >= 15 is 0 Å². The molecule has 0 aliphatic heterocycles. The highest BCUT2D eigenvalue weighted by molar-refractivity contribution is 5.97. The van der Waals surface area contributed by atoms with Gasteiger partial charge in [0, 0.05) is 29.1 Å². The Morgan fingerprint density at radius 1 is 1.03 bits per heavy atom. The summed E-state index contributed by atoms with van der Waals surface area (Å²) in [5.74, 6) is 0.162. The number of benzene rings is 2. The van der Waals surface area contributed by atoms with Crippen LogP contribution in [0.2, 0.25) is 0 Å². The van der Waals surface area contributed by atoms with Gasteiger partial charge in [0.15, 0.2) is 5.78 Å². The molecule has 4 rings (SSSR count).